The fraction of sp³-hybridized carbons (Fsp3) is 0.0833. The molecule has 6 heteroatoms. The Morgan fingerprint density at radius 3 is 1.94 bits per heavy atom. The molecular weight excluding hydrogens is 663 g/mol. The molecular formula is C48H35N5O. The molecule has 6 nitrogen and oxygen atoms in total. The molecule has 0 spiro atoms. The zero-order chi connectivity index (χ0) is 36.0. The molecule has 0 aliphatic carbocycles. The minimum absolute atomic E-state index is 0.584. The molecule has 0 bridgehead atoms. The van der Waals surface area contributed by atoms with E-state index in [9.17, 15) is 0 Å². The summed E-state index contributed by atoms with van der Waals surface area (Å²) in [7, 11) is 0. The van der Waals surface area contributed by atoms with E-state index >= 15 is 0 Å². The minimum Gasteiger partial charge on any atom is -0.456 e. The van der Waals surface area contributed by atoms with Crippen LogP contribution in [0.2, 0.25) is 0 Å². The Kier molecular flexibility index (Phi) is 7.80. The summed E-state index contributed by atoms with van der Waals surface area (Å²) in [5.74, 6) is 2.68. The SMILES string of the molecule is CCCCc1ccc(-c2nc(-c3ccccc3)nc(-c3ccc(-n4c5ccccc5c5cc(-c6cccc7oc8ccccc8c67)ccc54)nc3)n2)cc1. The van der Waals surface area contributed by atoms with Crippen LogP contribution in [-0.4, -0.2) is 24.5 Å². The molecule has 0 saturated carbocycles. The highest BCUT2D eigenvalue weighted by atomic mass is 16.3. The Hall–Kier alpha value is -6.92. The van der Waals surface area contributed by atoms with Crippen molar-refractivity contribution in [2.75, 3.05) is 0 Å². The molecule has 0 amide bonds. The highest BCUT2D eigenvalue weighted by Gasteiger charge is 2.18. The number of hydrogen-bond acceptors (Lipinski definition) is 5. The number of unbranched alkanes of at least 4 members (excludes halogenated alkanes) is 1. The Bertz CT molecular complexity index is 2960. The number of aromatic nitrogens is 5. The highest BCUT2D eigenvalue weighted by Crippen LogP contribution is 2.40. The zero-order valence-electron chi connectivity index (χ0n) is 29.8. The molecule has 0 aliphatic rings. The first-order valence-corrected chi connectivity index (χ1v) is 18.5. The van der Waals surface area contributed by atoms with Gasteiger partial charge in [-0.25, -0.2) is 19.9 Å². The molecule has 4 heterocycles. The van der Waals surface area contributed by atoms with Gasteiger partial charge in [0.2, 0.25) is 0 Å². The summed E-state index contributed by atoms with van der Waals surface area (Å²) in [6.07, 6.45) is 5.29. The molecule has 0 aliphatic heterocycles. The molecule has 10 aromatic rings. The number of benzene rings is 6. The van der Waals surface area contributed by atoms with Gasteiger partial charge in [0, 0.05) is 44.4 Å². The van der Waals surface area contributed by atoms with Crippen molar-refractivity contribution in [2.45, 2.75) is 26.2 Å². The summed E-state index contributed by atoms with van der Waals surface area (Å²) in [5, 5.41) is 4.58. The van der Waals surface area contributed by atoms with E-state index in [-0.39, 0.29) is 0 Å². The van der Waals surface area contributed by atoms with Crippen molar-refractivity contribution in [2.24, 2.45) is 0 Å². The van der Waals surface area contributed by atoms with Gasteiger partial charge in [-0.2, -0.15) is 0 Å². The van der Waals surface area contributed by atoms with E-state index in [0.717, 1.165) is 78.4 Å². The largest absolute Gasteiger partial charge is 0.456 e. The second-order valence-corrected chi connectivity index (χ2v) is 13.7. The minimum atomic E-state index is 0.584. The molecule has 0 fully saturated rings. The van der Waals surface area contributed by atoms with E-state index in [4.69, 9.17) is 24.4 Å². The van der Waals surface area contributed by atoms with Crippen LogP contribution in [0.5, 0.6) is 0 Å². The summed E-state index contributed by atoms with van der Waals surface area (Å²) >= 11 is 0. The van der Waals surface area contributed by atoms with Crippen molar-refractivity contribution in [3.05, 3.63) is 163 Å². The second-order valence-electron chi connectivity index (χ2n) is 13.7. The van der Waals surface area contributed by atoms with Crippen LogP contribution in [0.3, 0.4) is 0 Å². The van der Waals surface area contributed by atoms with Crippen molar-refractivity contribution < 1.29 is 4.42 Å². The fourth-order valence-corrected chi connectivity index (χ4v) is 7.60. The number of fused-ring (bicyclic) bond motifs is 6. The molecule has 0 unspecified atom stereocenters. The lowest BCUT2D eigenvalue weighted by Gasteiger charge is -2.10. The molecule has 0 N–H and O–H groups in total. The van der Waals surface area contributed by atoms with E-state index in [0.29, 0.717) is 17.5 Å². The van der Waals surface area contributed by atoms with Crippen molar-refractivity contribution >= 4 is 43.7 Å². The molecule has 0 saturated heterocycles. The van der Waals surface area contributed by atoms with Crippen molar-refractivity contribution in [3.8, 4) is 51.1 Å². The highest BCUT2D eigenvalue weighted by molar-refractivity contribution is 6.15. The van der Waals surface area contributed by atoms with E-state index < -0.39 is 0 Å². The molecule has 0 radical (unpaired) electrons. The predicted molar refractivity (Wildman–Crippen MR) is 220 cm³/mol. The maximum atomic E-state index is 6.22. The van der Waals surface area contributed by atoms with Crippen molar-refractivity contribution in [1.82, 2.24) is 24.5 Å². The number of para-hydroxylation sites is 2. The van der Waals surface area contributed by atoms with Crippen LogP contribution in [-0.2, 0) is 6.42 Å². The van der Waals surface area contributed by atoms with Crippen LogP contribution in [0.25, 0.3) is 94.9 Å². The van der Waals surface area contributed by atoms with Gasteiger partial charge in [-0.05, 0) is 72.0 Å². The van der Waals surface area contributed by atoms with Gasteiger partial charge in [0.05, 0.1) is 11.0 Å². The molecule has 6 aromatic carbocycles. The summed E-state index contributed by atoms with van der Waals surface area (Å²) in [6.45, 7) is 2.22. The van der Waals surface area contributed by atoms with Gasteiger partial charge in [0.25, 0.3) is 0 Å². The van der Waals surface area contributed by atoms with Gasteiger partial charge < -0.3 is 4.42 Å². The van der Waals surface area contributed by atoms with Crippen molar-refractivity contribution in [1.29, 1.82) is 0 Å². The maximum absolute atomic E-state index is 6.22. The number of pyridine rings is 1. The van der Waals surface area contributed by atoms with Crippen molar-refractivity contribution in [3.63, 3.8) is 0 Å². The van der Waals surface area contributed by atoms with Crippen LogP contribution < -0.4 is 0 Å². The van der Waals surface area contributed by atoms with Gasteiger partial charge >= 0.3 is 0 Å². The molecule has 10 rings (SSSR count). The van der Waals surface area contributed by atoms with E-state index in [1.807, 2.05) is 54.7 Å². The summed E-state index contributed by atoms with van der Waals surface area (Å²) in [5.41, 5.74) is 10.3. The first-order chi connectivity index (χ1) is 26.7. The monoisotopic (exact) mass is 697 g/mol. The number of aryl methyl sites for hydroxylation is 1. The van der Waals surface area contributed by atoms with Gasteiger partial charge in [0.15, 0.2) is 17.5 Å². The number of furan rings is 1. The van der Waals surface area contributed by atoms with Gasteiger partial charge in [0.1, 0.15) is 17.0 Å². The maximum Gasteiger partial charge on any atom is 0.165 e. The van der Waals surface area contributed by atoms with E-state index in [1.54, 1.807) is 0 Å². The third-order valence-electron chi connectivity index (χ3n) is 10.3. The molecule has 0 atom stereocenters. The van der Waals surface area contributed by atoms with Crippen LogP contribution in [0, 0.1) is 0 Å². The standard InChI is InChI=1S/C48H35N5O/c1-2-3-12-31-21-23-33(24-22-31)47-50-46(32-13-5-4-6-14-32)51-48(52-47)35-26-28-44(49-30-35)53-40-18-9-7-15-37(40)39-29-34(25-27-41(39)53)36-17-11-20-43-45(36)38-16-8-10-19-42(38)54-43/h4-11,13-30H,2-3,12H2,1H3. The lowest BCUT2D eigenvalue weighted by Crippen LogP contribution is -2.02. The topological polar surface area (TPSA) is 69.6 Å². The lowest BCUT2D eigenvalue weighted by atomic mass is 9.98. The van der Waals surface area contributed by atoms with E-state index in [2.05, 4.69) is 115 Å². The fourth-order valence-electron chi connectivity index (χ4n) is 7.60. The Morgan fingerprint density at radius 2 is 1.17 bits per heavy atom. The molecule has 258 valence electrons. The van der Waals surface area contributed by atoms with E-state index in [1.165, 1.54) is 23.8 Å². The normalized spacial score (nSPS) is 11.6. The first-order valence-electron chi connectivity index (χ1n) is 18.5. The van der Waals surface area contributed by atoms with Gasteiger partial charge in [-0.1, -0.05) is 123 Å². The number of hydrogen-bond donors (Lipinski definition) is 0. The predicted octanol–water partition coefficient (Wildman–Crippen LogP) is 12.3. The quantitative estimate of drug-likeness (QED) is 0.158. The molecule has 4 aromatic heterocycles. The Morgan fingerprint density at radius 1 is 0.519 bits per heavy atom. The Labute approximate surface area is 312 Å². The third-order valence-corrected chi connectivity index (χ3v) is 10.3. The average molecular weight is 698 g/mol. The summed E-state index contributed by atoms with van der Waals surface area (Å²) in [4.78, 5) is 19.9. The summed E-state index contributed by atoms with van der Waals surface area (Å²) < 4.78 is 8.46. The number of rotatable bonds is 8. The lowest BCUT2D eigenvalue weighted by molar-refractivity contribution is 0.669. The van der Waals surface area contributed by atoms with Crippen LogP contribution in [0.4, 0.5) is 0 Å². The molecule has 54 heavy (non-hydrogen) atoms. The van der Waals surface area contributed by atoms with Crippen LogP contribution >= 0.6 is 0 Å². The van der Waals surface area contributed by atoms with Gasteiger partial charge in [-0.3, -0.25) is 4.57 Å². The van der Waals surface area contributed by atoms with Crippen LogP contribution in [0.1, 0.15) is 25.3 Å². The first kappa shape index (κ1) is 31.8. The summed E-state index contributed by atoms with van der Waals surface area (Å²) in [6, 6.07) is 52.6. The van der Waals surface area contributed by atoms with Gasteiger partial charge in [-0.15, -0.1) is 0 Å². The average Bonchev–Trinajstić information content (AvgIpc) is 3.79. The Balaban J connectivity index is 1.06. The second kappa shape index (κ2) is 13.2. The number of nitrogens with zero attached hydrogens (tertiary/aromatic N) is 5. The smallest absolute Gasteiger partial charge is 0.165 e. The zero-order valence-corrected chi connectivity index (χ0v) is 29.8. The third kappa shape index (κ3) is 5.51. The van der Waals surface area contributed by atoms with Crippen LogP contribution in [0.15, 0.2) is 162 Å².